The van der Waals surface area contributed by atoms with Crippen LogP contribution in [-0.4, -0.2) is 25.8 Å². The fraction of sp³-hybridized carbons (Fsp3) is 0.435. The average molecular weight is 481 g/mol. The van der Waals surface area contributed by atoms with E-state index in [9.17, 15) is 26.3 Å². The van der Waals surface area contributed by atoms with E-state index in [1.807, 2.05) is 41.8 Å². The minimum atomic E-state index is -5.01. The Morgan fingerprint density at radius 3 is 2.38 bits per heavy atom. The van der Waals surface area contributed by atoms with E-state index in [1.54, 1.807) is 11.2 Å². The molecular weight excluding hydrogens is 460 g/mol. The predicted octanol–water partition coefficient (Wildman–Crippen LogP) is 6.05. The maximum Gasteiger partial charge on any atom is 0.433 e. The van der Waals surface area contributed by atoms with Crippen LogP contribution >= 0.6 is 0 Å². The number of pyridine rings is 1. The van der Waals surface area contributed by atoms with Gasteiger partial charge in [0.05, 0.1) is 17.6 Å². The van der Waals surface area contributed by atoms with Crippen molar-refractivity contribution in [3.63, 3.8) is 0 Å². The van der Waals surface area contributed by atoms with Crippen LogP contribution in [0.1, 0.15) is 60.9 Å². The number of nitrogens with zero attached hydrogens (tertiary/aromatic N) is 5. The molecule has 180 valence electrons. The van der Waals surface area contributed by atoms with Gasteiger partial charge in [-0.25, -0.2) is 4.98 Å². The molecule has 4 atom stereocenters. The lowest BCUT2D eigenvalue weighted by Crippen LogP contribution is -2.38. The van der Waals surface area contributed by atoms with Crippen LogP contribution in [0.3, 0.4) is 0 Å². The molecule has 0 spiro atoms. The maximum atomic E-state index is 13.5. The Morgan fingerprint density at radius 2 is 1.71 bits per heavy atom. The Hall–Kier alpha value is -3.11. The van der Waals surface area contributed by atoms with Gasteiger partial charge in [-0.2, -0.15) is 26.3 Å². The number of piperidine rings is 1. The van der Waals surface area contributed by atoms with Crippen molar-refractivity contribution in [3.05, 3.63) is 71.4 Å². The fourth-order valence-corrected chi connectivity index (χ4v) is 5.26. The molecule has 1 aliphatic carbocycles. The van der Waals surface area contributed by atoms with E-state index in [2.05, 4.69) is 15.2 Å². The molecule has 34 heavy (non-hydrogen) atoms. The van der Waals surface area contributed by atoms with Crippen molar-refractivity contribution >= 4 is 5.82 Å². The van der Waals surface area contributed by atoms with Gasteiger partial charge in [0.2, 0.25) is 0 Å². The summed E-state index contributed by atoms with van der Waals surface area (Å²) in [6.45, 7) is 1.95. The molecule has 3 aromatic rings. The molecule has 1 saturated carbocycles. The van der Waals surface area contributed by atoms with Crippen molar-refractivity contribution < 1.29 is 26.3 Å². The summed E-state index contributed by atoms with van der Waals surface area (Å²) in [4.78, 5) is 5.25. The first-order valence-corrected chi connectivity index (χ1v) is 10.9. The minimum Gasteiger partial charge on any atom is -0.343 e. The van der Waals surface area contributed by atoms with Crippen molar-refractivity contribution in [2.24, 2.45) is 5.92 Å². The van der Waals surface area contributed by atoms with Gasteiger partial charge in [0.25, 0.3) is 0 Å². The van der Waals surface area contributed by atoms with Gasteiger partial charge in [-0.1, -0.05) is 30.3 Å². The number of anilines is 1. The minimum absolute atomic E-state index is 0.0293. The Morgan fingerprint density at radius 1 is 0.971 bits per heavy atom. The molecule has 1 unspecified atom stereocenters. The second-order valence-electron chi connectivity index (χ2n) is 8.86. The predicted molar refractivity (Wildman–Crippen MR) is 111 cm³/mol. The first-order valence-electron chi connectivity index (χ1n) is 10.9. The summed E-state index contributed by atoms with van der Waals surface area (Å²) in [5, 5.41) is 8.33. The summed E-state index contributed by atoms with van der Waals surface area (Å²) in [6, 6.07) is 9.42. The number of benzene rings is 1. The summed E-state index contributed by atoms with van der Waals surface area (Å²) in [6.07, 6.45) is -6.26. The van der Waals surface area contributed by atoms with E-state index in [0.717, 1.165) is 12.0 Å². The largest absolute Gasteiger partial charge is 0.433 e. The smallest absolute Gasteiger partial charge is 0.343 e. The summed E-state index contributed by atoms with van der Waals surface area (Å²) in [5.74, 6) is 0.208. The molecule has 2 fully saturated rings. The highest BCUT2D eigenvalue weighted by molar-refractivity contribution is 5.50. The summed E-state index contributed by atoms with van der Waals surface area (Å²) in [5.41, 5.74) is -1.95. The lowest BCUT2D eigenvalue weighted by Gasteiger charge is -2.36. The molecule has 3 heterocycles. The molecule has 5 nitrogen and oxygen atoms in total. The van der Waals surface area contributed by atoms with E-state index in [1.165, 1.54) is 0 Å². The van der Waals surface area contributed by atoms with E-state index >= 15 is 0 Å². The molecule has 0 amide bonds. The Labute approximate surface area is 191 Å². The lowest BCUT2D eigenvalue weighted by atomic mass is 9.97. The van der Waals surface area contributed by atoms with Gasteiger partial charge >= 0.3 is 12.4 Å². The quantitative estimate of drug-likeness (QED) is 0.426. The molecular formula is C23H21F6N5. The monoisotopic (exact) mass is 481 g/mol. The molecule has 1 saturated heterocycles. The van der Waals surface area contributed by atoms with Crippen molar-refractivity contribution in [1.82, 2.24) is 19.7 Å². The fourth-order valence-electron chi connectivity index (χ4n) is 5.26. The number of aromatic nitrogens is 4. The number of hydrogen-bond acceptors (Lipinski definition) is 4. The lowest BCUT2D eigenvalue weighted by molar-refractivity contribution is -0.145. The summed E-state index contributed by atoms with van der Waals surface area (Å²) >= 11 is 0. The van der Waals surface area contributed by atoms with Crippen molar-refractivity contribution in [2.75, 3.05) is 4.90 Å². The molecule has 1 aliphatic heterocycles. The molecule has 2 aromatic heterocycles. The molecule has 1 aromatic carbocycles. The third-order valence-corrected chi connectivity index (χ3v) is 6.84. The average Bonchev–Trinajstić information content (AvgIpc) is 3.53. The van der Waals surface area contributed by atoms with Gasteiger partial charge in [-0.15, -0.1) is 10.2 Å². The van der Waals surface area contributed by atoms with Crippen molar-refractivity contribution in [3.8, 4) is 0 Å². The normalized spacial score (nSPS) is 23.5. The van der Waals surface area contributed by atoms with Crippen LogP contribution in [0, 0.1) is 5.92 Å². The third-order valence-electron chi connectivity index (χ3n) is 6.84. The van der Waals surface area contributed by atoms with Crippen LogP contribution in [0.25, 0.3) is 0 Å². The molecule has 5 rings (SSSR count). The number of rotatable bonds is 4. The number of fused-ring (bicyclic) bond motifs is 2. The second kappa shape index (κ2) is 7.99. The van der Waals surface area contributed by atoms with Crippen molar-refractivity contribution in [2.45, 2.75) is 56.7 Å². The van der Waals surface area contributed by atoms with Crippen LogP contribution in [0.4, 0.5) is 32.2 Å². The van der Waals surface area contributed by atoms with Crippen LogP contribution < -0.4 is 4.90 Å². The molecule has 2 aliphatic rings. The zero-order chi connectivity index (χ0) is 24.3. The third kappa shape index (κ3) is 3.90. The van der Waals surface area contributed by atoms with Crippen LogP contribution in [0.2, 0.25) is 0 Å². The number of hydrogen-bond donors (Lipinski definition) is 0. The van der Waals surface area contributed by atoms with E-state index in [4.69, 9.17) is 0 Å². The zero-order valence-electron chi connectivity index (χ0n) is 18.1. The van der Waals surface area contributed by atoms with Crippen molar-refractivity contribution in [1.29, 1.82) is 0 Å². The highest BCUT2D eigenvalue weighted by Gasteiger charge is 2.50. The summed E-state index contributed by atoms with van der Waals surface area (Å²) in [7, 11) is 0. The van der Waals surface area contributed by atoms with Gasteiger partial charge in [0.15, 0.2) is 5.82 Å². The van der Waals surface area contributed by atoms with Crippen LogP contribution in [-0.2, 0) is 12.4 Å². The van der Waals surface area contributed by atoms with E-state index in [-0.39, 0.29) is 29.9 Å². The topological polar surface area (TPSA) is 46.8 Å². The van der Waals surface area contributed by atoms with Gasteiger partial charge < -0.3 is 9.47 Å². The van der Waals surface area contributed by atoms with Gasteiger partial charge in [0, 0.05) is 6.04 Å². The standard InChI is InChI=1S/C23H21F6N5/c1-13(14-5-3-2-4-6-14)33-12-30-32-21(33)20-15-7-8-17(9-15)34(20)19-11-16(22(24,25)26)10-18(31-19)23(27,28)29/h2-6,10-13,15,17,20H,7-9H2,1H3/t13?,15-,17+,20-/m0/s1. The second-order valence-corrected chi connectivity index (χ2v) is 8.86. The SMILES string of the molecule is CC(c1ccccc1)n1cnnc1[C@@H]1[C@H]2CC[C@H](C2)N1c1cc(C(F)(F)F)cc(C(F)(F)F)n1. The zero-order valence-corrected chi connectivity index (χ0v) is 18.1. The molecule has 2 bridgehead atoms. The van der Waals surface area contributed by atoms with Crippen LogP contribution in [0.15, 0.2) is 48.8 Å². The molecule has 0 radical (unpaired) electrons. The first kappa shape index (κ1) is 22.7. The Kier molecular flexibility index (Phi) is 5.33. The highest BCUT2D eigenvalue weighted by Crippen LogP contribution is 2.52. The van der Waals surface area contributed by atoms with E-state index < -0.39 is 29.7 Å². The Balaban J connectivity index is 1.60. The Bertz CT molecular complexity index is 1140. The van der Waals surface area contributed by atoms with Gasteiger partial charge in [-0.05, 0) is 49.8 Å². The molecule has 0 N–H and O–H groups in total. The van der Waals surface area contributed by atoms with Gasteiger partial charge in [-0.3, -0.25) is 0 Å². The molecule has 11 heteroatoms. The number of alkyl halides is 6. The summed E-state index contributed by atoms with van der Waals surface area (Å²) < 4.78 is 82.7. The highest BCUT2D eigenvalue weighted by atomic mass is 19.4. The first-order chi connectivity index (χ1) is 16.0. The van der Waals surface area contributed by atoms with E-state index in [0.29, 0.717) is 24.7 Å². The number of halogens is 6. The van der Waals surface area contributed by atoms with Crippen LogP contribution in [0.5, 0.6) is 0 Å². The maximum absolute atomic E-state index is 13.5. The van der Waals surface area contributed by atoms with Gasteiger partial charge in [0.1, 0.15) is 17.8 Å².